The van der Waals surface area contributed by atoms with Crippen LogP contribution in [0.3, 0.4) is 0 Å². The zero-order valence-corrected chi connectivity index (χ0v) is 22.8. The first-order chi connectivity index (χ1) is 19.1. The van der Waals surface area contributed by atoms with Crippen LogP contribution >= 0.6 is 0 Å². The molecule has 2 aromatic carbocycles. The average Bonchev–Trinajstić information content (AvgIpc) is 3.63. The maximum absolute atomic E-state index is 13.2. The molecular formula is C29H36N6O4. The van der Waals surface area contributed by atoms with Gasteiger partial charge in [0.2, 0.25) is 0 Å². The quantitative estimate of drug-likeness (QED) is 0.289. The molecular weight excluding hydrogens is 496 g/mol. The van der Waals surface area contributed by atoms with Gasteiger partial charge in [-0.2, -0.15) is 0 Å². The van der Waals surface area contributed by atoms with Crippen molar-refractivity contribution in [3.8, 4) is 11.5 Å². The van der Waals surface area contributed by atoms with Gasteiger partial charge in [0.1, 0.15) is 11.5 Å². The summed E-state index contributed by atoms with van der Waals surface area (Å²) in [6.07, 6.45) is 2.91. The summed E-state index contributed by atoms with van der Waals surface area (Å²) in [4.78, 5) is 18.5. The van der Waals surface area contributed by atoms with E-state index in [0.29, 0.717) is 31.8 Å². The van der Waals surface area contributed by atoms with Gasteiger partial charge in [-0.1, -0.05) is 25.1 Å². The van der Waals surface area contributed by atoms with Crippen LogP contribution in [0.5, 0.6) is 11.5 Å². The monoisotopic (exact) mass is 532 g/mol. The number of hydrogen-bond donors (Lipinski definition) is 1. The Hall–Kier alpha value is -3.76. The van der Waals surface area contributed by atoms with Crippen LogP contribution < -0.4 is 15.0 Å². The molecule has 2 aromatic heterocycles. The highest BCUT2D eigenvalue weighted by Gasteiger charge is 2.28. The highest BCUT2D eigenvalue weighted by Crippen LogP contribution is 2.30. The fourth-order valence-electron chi connectivity index (χ4n) is 5.32. The number of nitrogens with one attached hydrogen (secondary N) is 1. The Morgan fingerprint density at radius 2 is 2.00 bits per heavy atom. The molecule has 1 saturated heterocycles. The van der Waals surface area contributed by atoms with Crippen LogP contribution in [0.2, 0.25) is 0 Å². The van der Waals surface area contributed by atoms with Crippen LogP contribution in [0.1, 0.15) is 56.1 Å². The standard InChI is InChI=1S/C29H36N6O4/c1-4-26(28-31-32-33-35(28)19-24-10-8-14-39-24)34(17-20-9-6-7-11-27(20)37-3)18-22-15-21-16-23(38-5-2)12-13-25(21)30-29(22)36/h6-7,9,11-13,15-16,24,26H,4-5,8,10,14,17-19H2,1-3H3,(H,30,36)/t24-,26-/m0/s1. The first-order valence-corrected chi connectivity index (χ1v) is 13.6. The summed E-state index contributed by atoms with van der Waals surface area (Å²) in [6, 6.07) is 15.5. The number of pyridine rings is 1. The molecule has 5 rings (SSSR count). The van der Waals surface area contributed by atoms with Gasteiger partial charge >= 0.3 is 0 Å². The molecule has 0 radical (unpaired) electrons. The molecule has 0 saturated carbocycles. The third kappa shape index (κ3) is 6.12. The Morgan fingerprint density at radius 3 is 2.77 bits per heavy atom. The van der Waals surface area contributed by atoms with E-state index in [2.05, 4.69) is 32.3 Å². The van der Waals surface area contributed by atoms with Gasteiger partial charge in [0.25, 0.3) is 5.56 Å². The topological polar surface area (TPSA) is 107 Å². The van der Waals surface area contributed by atoms with E-state index in [0.717, 1.165) is 59.7 Å². The normalized spacial score (nSPS) is 16.2. The average molecular weight is 533 g/mol. The van der Waals surface area contributed by atoms with Gasteiger partial charge in [-0.25, -0.2) is 4.68 Å². The number of methoxy groups -OCH3 is 1. The number of H-pyrrole nitrogens is 1. The zero-order chi connectivity index (χ0) is 27.2. The van der Waals surface area contributed by atoms with Crippen molar-refractivity contribution in [3.63, 3.8) is 0 Å². The van der Waals surface area contributed by atoms with E-state index in [1.807, 2.05) is 60.1 Å². The number of hydrogen-bond acceptors (Lipinski definition) is 8. The number of tetrazole rings is 1. The van der Waals surface area contributed by atoms with Crippen molar-refractivity contribution < 1.29 is 14.2 Å². The lowest BCUT2D eigenvalue weighted by Crippen LogP contribution is -2.33. The number of aromatic nitrogens is 5. The first-order valence-electron chi connectivity index (χ1n) is 13.6. The van der Waals surface area contributed by atoms with E-state index in [1.54, 1.807) is 7.11 Å². The molecule has 39 heavy (non-hydrogen) atoms. The second-order valence-electron chi connectivity index (χ2n) is 9.80. The van der Waals surface area contributed by atoms with E-state index >= 15 is 0 Å². The van der Waals surface area contributed by atoms with Gasteiger partial charge in [-0.05, 0) is 66.9 Å². The second kappa shape index (κ2) is 12.4. The molecule has 1 fully saturated rings. The molecule has 0 amide bonds. The molecule has 206 valence electrons. The van der Waals surface area contributed by atoms with Crippen molar-refractivity contribution in [3.05, 3.63) is 75.8 Å². The maximum Gasteiger partial charge on any atom is 0.252 e. The van der Waals surface area contributed by atoms with Crippen LogP contribution in [-0.4, -0.2) is 56.5 Å². The number of aromatic amines is 1. The lowest BCUT2D eigenvalue weighted by Gasteiger charge is -2.31. The fourth-order valence-corrected chi connectivity index (χ4v) is 5.32. The van der Waals surface area contributed by atoms with Gasteiger partial charge < -0.3 is 19.2 Å². The lowest BCUT2D eigenvalue weighted by atomic mass is 10.1. The SMILES string of the molecule is CCOc1ccc2[nH]c(=O)c(CN(Cc3ccccc3OC)[C@@H](CC)c3nnnn3C[C@@H]3CCCO3)cc2c1. The number of benzene rings is 2. The summed E-state index contributed by atoms with van der Waals surface area (Å²) in [5, 5.41) is 13.7. The van der Waals surface area contributed by atoms with E-state index in [-0.39, 0.29) is 17.7 Å². The highest BCUT2D eigenvalue weighted by atomic mass is 16.5. The molecule has 10 heteroatoms. The summed E-state index contributed by atoms with van der Waals surface area (Å²) < 4.78 is 19.1. The van der Waals surface area contributed by atoms with Gasteiger partial charge in [0.15, 0.2) is 5.82 Å². The molecule has 0 unspecified atom stereocenters. The smallest absolute Gasteiger partial charge is 0.252 e. The van der Waals surface area contributed by atoms with Gasteiger partial charge in [0, 0.05) is 41.7 Å². The molecule has 0 spiro atoms. The van der Waals surface area contributed by atoms with Crippen molar-refractivity contribution >= 4 is 10.9 Å². The molecule has 10 nitrogen and oxygen atoms in total. The lowest BCUT2D eigenvalue weighted by molar-refractivity contribution is 0.0887. The molecule has 1 N–H and O–H groups in total. The van der Waals surface area contributed by atoms with E-state index in [4.69, 9.17) is 14.2 Å². The van der Waals surface area contributed by atoms with Crippen molar-refractivity contribution in [1.82, 2.24) is 30.1 Å². The molecule has 4 aromatic rings. The molecule has 0 aliphatic carbocycles. The summed E-state index contributed by atoms with van der Waals surface area (Å²) in [5.74, 6) is 2.33. The van der Waals surface area contributed by atoms with Crippen molar-refractivity contribution in [1.29, 1.82) is 0 Å². The Balaban J connectivity index is 1.52. The minimum Gasteiger partial charge on any atom is -0.496 e. The first kappa shape index (κ1) is 26.8. The summed E-state index contributed by atoms with van der Waals surface area (Å²) >= 11 is 0. The number of para-hydroxylation sites is 1. The zero-order valence-electron chi connectivity index (χ0n) is 22.8. The minimum atomic E-state index is -0.142. The van der Waals surface area contributed by atoms with Gasteiger partial charge in [0.05, 0.1) is 32.4 Å². The van der Waals surface area contributed by atoms with Gasteiger partial charge in [-0.3, -0.25) is 9.69 Å². The molecule has 1 aliphatic rings. The Labute approximate surface area is 227 Å². The van der Waals surface area contributed by atoms with Crippen LogP contribution in [0, 0.1) is 0 Å². The van der Waals surface area contributed by atoms with Crippen LogP contribution in [0.25, 0.3) is 10.9 Å². The van der Waals surface area contributed by atoms with Gasteiger partial charge in [-0.15, -0.1) is 5.10 Å². The molecule has 2 atom stereocenters. The highest BCUT2D eigenvalue weighted by molar-refractivity contribution is 5.80. The fraction of sp³-hybridized carbons (Fsp3) is 0.448. The van der Waals surface area contributed by atoms with E-state index < -0.39 is 0 Å². The third-order valence-corrected chi connectivity index (χ3v) is 7.23. The predicted octanol–water partition coefficient (Wildman–Crippen LogP) is 4.25. The van der Waals surface area contributed by atoms with Crippen molar-refractivity contribution in [2.45, 2.75) is 64.9 Å². The maximum atomic E-state index is 13.2. The summed E-state index contributed by atoms with van der Waals surface area (Å²) in [7, 11) is 1.67. The number of ether oxygens (including phenoxy) is 3. The molecule has 0 bridgehead atoms. The predicted molar refractivity (Wildman–Crippen MR) is 148 cm³/mol. The second-order valence-corrected chi connectivity index (χ2v) is 9.80. The third-order valence-electron chi connectivity index (χ3n) is 7.23. The Morgan fingerprint density at radius 1 is 1.15 bits per heavy atom. The Kier molecular flexibility index (Phi) is 8.53. The van der Waals surface area contributed by atoms with E-state index in [9.17, 15) is 4.79 Å². The number of nitrogens with zero attached hydrogens (tertiary/aromatic N) is 5. The van der Waals surface area contributed by atoms with Crippen molar-refractivity contribution in [2.75, 3.05) is 20.3 Å². The number of rotatable bonds is 12. The molecule has 1 aliphatic heterocycles. The van der Waals surface area contributed by atoms with Crippen LogP contribution in [-0.2, 0) is 24.4 Å². The largest absolute Gasteiger partial charge is 0.496 e. The summed E-state index contributed by atoms with van der Waals surface area (Å²) in [6.45, 7) is 6.97. The van der Waals surface area contributed by atoms with Crippen molar-refractivity contribution in [2.24, 2.45) is 0 Å². The van der Waals surface area contributed by atoms with E-state index in [1.165, 1.54) is 0 Å². The Bertz CT molecular complexity index is 1450. The van der Waals surface area contributed by atoms with Crippen LogP contribution in [0.15, 0.2) is 53.3 Å². The minimum absolute atomic E-state index is 0.107. The number of fused-ring (bicyclic) bond motifs is 1. The van der Waals surface area contributed by atoms with Crippen LogP contribution in [0.4, 0.5) is 0 Å². The molecule has 3 heterocycles. The summed E-state index contributed by atoms with van der Waals surface area (Å²) in [5.41, 5.74) is 2.33.